The maximum atomic E-state index is 12.9. The maximum Gasteiger partial charge on any atom is 0.256 e. The van der Waals surface area contributed by atoms with E-state index in [0.717, 1.165) is 25.3 Å². The summed E-state index contributed by atoms with van der Waals surface area (Å²) in [6.07, 6.45) is 0. The number of halogens is 1. The van der Waals surface area contributed by atoms with Crippen LogP contribution in [-0.4, -0.2) is 22.6 Å². The Morgan fingerprint density at radius 3 is 2.59 bits per heavy atom. The van der Waals surface area contributed by atoms with Crippen molar-refractivity contribution in [3.8, 4) is 0 Å². The van der Waals surface area contributed by atoms with Crippen molar-refractivity contribution < 1.29 is 9.59 Å². The van der Waals surface area contributed by atoms with Crippen molar-refractivity contribution in [1.29, 1.82) is 0 Å². The molecule has 2 amide bonds. The lowest BCUT2D eigenvalue weighted by Gasteiger charge is -2.08. The van der Waals surface area contributed by atoms with Gasteiger partial charge in [0.2, 0.25) is 5.91 Å². The molecule has 0 saturated heterocycles. The van der Waals surface area contributed by atoms with Gasteiger partial charge < -0.3 is 10.6 Å². The number of carbonyl (C=O) groups is 2. The average molecular weight is 504 g/mol. The van der Waals surface area contributed by atoms with Crippen LogP contribution in [0, 0.1) is 0 Å². The normalized spacial score (nSPS) is 11.0. The lowest BCUT2D eigenvalue weighted by atomic mass is 10.0. The summed E-state index contributed by atoms with van der Waals surface area (Å²) in [5.41, 5.74) is 2.73. The number of carbonyl (C=O) groups excluding carboxylic acids is 2. The van der Waals surface area contributed by atoms with Gasteiger partial charge in [-0.3, -0.25) is 9.59 Å². The highest BCUT2D eigenvalue weighted by Crippen LogP contribution is 2.32. The molecule has 0 spiro atoms. The van der Waals surface area contributed by atoms with Gasteiger partial charge in [0.25, 0.3) is 5.91 Å². The van der Waals surface area contributed by atoms with Crippen LogP contribution in [0.5, 0.6) is 0 Å². The third kappa shape index (κ3) is 4.92. The second-order valence-electron chi connectivity index (χ2n) is 7.46. The van der Waals surface area contributed by atoms with Crippen LogP contribution in [-0.2, 0) is 4.79 Å². The Kier molecular flexibility index (Phi) is 6.49. The first kappa shape index (κ1) is 22.4. The van der Waals surface area contributed by atoms with Gasteiger partial charge in [-0.25, -0.2) is 4.98 Å². The van der Waals surface area contributed by atoms with Crippen LogP contribution in [0.25, 0.3) is 21.0 Å². The van der Waals surface area contributed by atoms with Crippen molar-refractivity contribution >= 4 is 78.9 Å². The van der Waals surface area contributed by atoms with Crippen LogP contribution in [0.1, 0.15) is 10.4 Å². The van der Waals surface area contributed by atoms with Gasteiger partial charge in [0.15, 0.2) is 4.34 Å². The van der Waals surface area contributed by atoms with Gasteiger partial charge in [0.1, 0.15) is 0 Å². The molecule has 2 N–H and O–H groups in total. The number of amides is 2. The molecule has 0 saturated carbocycles. The second-order valence-corrected chi connectivity index (χ2v) is 10.1. The first-order valence-electron chi connectivity index (χ1n) is 10.4. The van der Waals surface area contributed by atoms with Gasteiger partial charge >= 0.3 is 0 Å². The minimum absolute atomic E-state index is 0.152. The van der Waals surface area contributed by atoms with E-state index in [-0.39, 0.29) is 17.6 Å². The molecular formula is C26H18ClN3O2S2. The Balaban J connectivity index is 1.27. The lowest BCUT2D eigenvalue weighted by Crippen LogP contribution is -2.14. The lowest BCUT2D eigenvalue weighted by molar-refractivity contribution is -0.113. The van der Waals surface area contributed by atoms with Crippen LogP contribution in [0.15, 0.2) is 89.3 Å². The predicted molar refractivity (Wildman–Crippen MR) is 142 cm³/mol. The third-order valence-corrected chi connectivity index (χ3v) is 7.63. The summed E-state index contributed by atoms with van der Waals surface area (Å²) in [5.74, 6) is -0.0951. The summed E-state index contributed by atoms with van der Waals surface area (Å²) in [5, 5.41) is 8.23. The number of nitrogens with zero attached hydrogens (tertiary/aromatic N) is 1. The minimum Gasteiger partial charge on any atom is -0.324 e. The Morgan fingerprint density at radius 2 is 1.71 bits per heavy atom. The molecule has 0 fully saturated rings. The molecule has 34 heavy (non-hydrogen) atoms. The Morgan fingerprint density at radius 1 is 0.912 bits per heavy atom. The monoisotopic (exact) mass is 503 g/mol. The molecule has 1 aromatic heterocycles. The number of hydrogen-bond donors (Lipinski definition) is 2. The van der Waals surface area contributed by atoms with Crippen molar-refractivity contribution in [3.05, 3.63) is 95.5 Å². The highest BCUT2D eigenvalue weighted by Gasteiger charge is 2.13. The van der Waals surface area contributed by atoms with E-state index < -0.39 is 0 Å². The molecule has 5 rings (SSSR count). The number of aromatic nitrogens is 1. The van der Waals surface area contributed by atoms with Crippen molar-refractivity contribution in [2.24, 2.45) is 0 Å². The van der Waals surface area contributed by atoms with Gasteiger partial charge in [0.05, 0.1) is 26.7 Å². The van der Waals surface area contributed by atoms with Crippen LogP contribution >= 0.6 is 34.7 Å². The van der Waals surface area contributed by atoms with Gasteiger partial charge in [-0.2, -0.15) is 0 Å². The summed E-state index contributed by atoms with van der Waals surface area (Å²) in [6, 6.07) is 26.3. The molecule has 5 nitrogen and oxygen atoms in total. The SMILES string of the molecule is O=C(CSc1nc2ccc(NC(=O)c3cccc4ccccc34)cc2s1)Nc1ccccc1Cl. The molecule has 1 heterocycles. The van der Waals surface area contributed by atoms with E-state index in [1.54, 1.807) is 12.1 Å². The molecule has 4 aromatic carbocycles. The molecule has 0 aliphatic rings. The molecular weight excluding hydrogens is 486 g/mol. The molecule has 0 aliphatic carbocycles. The van der Waals surface area contributed by atoms with E-state index in [0.29, 0.717) is 22.0 Å². The number of nitrogens with one attached hydrogen (secondary N) is 2. The molecule has 0 atom stereocenters. The molecule has 8 heteroatoms. The topological polar surface area (TPSA) is 71.1 Å². The predicted octanol–water partition coefficient (Wildman–Crippen LogP) is 7.09. The average Bonchev–Trinajstić information content (AvgIpc) is 3.26. The van der Waals surface area contributed by atoms with Crippen molar-refractivity contribution in [1.82, 2.24) is 4.98 Å². The quantitative estimate of drug-likeness (QED) is 0.243. The summed E-state index contributed by atoms with van der Waals surface area (Å²) in [6.45, 7) is 0. The fourth-order valence-electron chi connectivity index (χ4n) is 3.54. The Hall–Kier alpha value is -3.39. The Labute approximate surface area is 209 Å². The zero-order valence-electron chi connectivity index (χ0n) is 17.7. The third-order valence-electron chi connectivity index (χ3n) is 5.14. The van der Waals surface area contributed by atoms with Crippen LogP contribution in [0.4, 0.5) is 11.4 Å². The van der Waals surface area contributed by atoms with E-state index in [9.17, 15) is 9.59 Å². The van der Waals surface area contributed by atoms with Crippen molar-refractivity contribution in [2.75, 3.05) is 16.4 Å². The summed E-state index contributed by atoms with van der Waals surface area (Å²) in [4.78, 5) is 29.8. The highest BCUT2D eigenvalue weighted by atomic mass is 35.5. The number of hydrogen-bond acceptors (Lipinski definition) is 5. The first-order valence-corrected chi connectivity index (χ1v) is 12.6. The van der Waals surface area contributed by atoms with Crippen LogP contribution in [0.3, 0.4) is 0 Å². The zero-order valence-corrected chi connectivity index (χ0v) is 20.1. The standard InChI is InChI=1S/C26H18ClN3O2S2/c27-20-10-3-4-11-21(20)29-24(31)15-33-26-30-22-13-12-17(14-23(22)34-26)28-25(32)19-9-5-7-16-6-1-2-8-18(16)19/h1-14H,15H2,(H,28,32)(H,29,31). The van der Waals surface area contributed by atoms with Crippen molar-refractivity contribution in [3.63, 3.8) is 0 Å². The molecule has 0 aliphatic heterocycles. The fourth-order valence-corrected chi connectivity index (χ4v) is 5.63. The smallest absolute Gasteiger partial charge is 0.256 e. The maximum absolute atomic E-state index is 12.9. The first-order chi connectivity index (χ1) is 16.6. The highest BCUT2D eigenvalue weighted by molar-refractivity contribution is 8.01. The van der Waals surface area contributed by atoms with E-state index in [4.69, 9.17) is 11.6 Å². The van der Waals surface area contributed by atoms with Gasteiger partial charge in [-0.15, -0.1) is 11.3 Å². The molecule has 168 valence electrons. The number of thiazole rings is 1. The van der Waals surface area contributed by atoms with E-state index in [2.05, 4.69) is 15.6 Å². The molecule has 0 unspecified atom stereocenters. The van der Waals surface area contributed by atoms with E-state index in [1.165, 1.54) is 23.1 Å². The van der Waals surface area contributed by atoms with Gasteiger partial charge in [-0.1, -0.05) is 71.9 Å². The number of anilines is 2. The van der Waals surface area contributed by atoms with E-state index in [1.807, 2.05) is 72.8 Å². The van der Waals surface area contributed by atoms with Crippen LogP contribution < -0.4 is 10.6 Å². The zero-order chi connectivity index (χ0) is 23.5. The number of benzene rings is 4. The Bertz CT molecular complexity index is 1530. The number of fused-ring (bicyclic) bond motifs is 2. The van der Waals surface area contributed by atoms with E-state index >= 15 is 0 Å². The van der Waals surface area contributed by atoms with Crippen LogP contribution in [0.2, 0.25) is 5.02 Å². The van der Waals surface area contributed by atoms with Crippen molar-refractivity contribution in [2.45, 2.75) is 4.34 Å². The largest absolute Gasteiger partial charge is 0.324 e. The summed E-state index contributed by atoms with van der Waals surface area (Å²) >= 11 is 8.94. The fraction of sp³-hybridized carbons (Fsp3) is 0.0385. The second kappa shape index (κ2) is 9.85. The number of para-hydroxylation sites is 1. The van der Waals surface area contributed by atoms with Gasteiger partial charge in [-0.05, 0) is 47.2 Å². The minimum atomic E-state index is -0.161. The van der Waals surface area contributed by atoms with Gasteiger partial charge in [0, 0.05) is 11.3 Å². The summed E-state index contributed by atoms with van der Waals surface area (Å²) in [7, 11) is 0. The molecule has 0 radical (unpaired) electrons. The number of thioether (sulfide) groups is 1. The number of rotatable bonds is 6. The summed E-state index contributed by atoms with van der Waals surface area (Å²) < 4.78 is 1.71. The molecule has 0 bridgehead atoms. The molecule has 5 aromatic rings.